The molecule has 4 nitrogen and oxygen atoms in total. The summed E-state index contributed by atoms with van der Waals surface area (Å²) in [6.07, 6.45) is 5.15. The molecule has 0 amide bonds. The molecule has 2 heterocycles. The van der Waals surface area contributed by atoms with E-state index in [4.69, 9.17) is 0 Å². The number of nitrogens with zero attached hydrogens (tertiary/aromatic N) is 4. The first-order chi connectivity index (χ1) is 10.8. The van der Waals surface area contributed by atoms with Gasteiger partial charge in [-0.25, -0.2) is 9.97 Å². The molecule has 0 saturated carbocycles. The SMILES string of the molecule is CSCC[C@@H](C)N1CCN(c2ncnc3ccccc23)CC1. The molecule has 0 N–H and O–H groups in total. The smallest absolute Gasteiger partial charge is 0.139 e. The first-order valence-electron chi connectivity index (χ1n) is 7.97. The van der Waals surface area contributed by atoms with Crippen LogP contribution >= 0.6 is 11.8 Å². The summed E-state index contributed by atoms with van der Waals surface area (Å²) < 4.78 is 0. The fourth-order valence-electron chi connectivity index (χ4n) is 3.09. The van der Waals surface area contributed by atoms with Crippen molar-refractivity contribution < 1.29 is 0 Å². The second kappa shape index (κ2) is 7.29. The lowest BCUT2D eigenvalue weighted by atomic mass is 10.1. The molecule has 0 spiro atoms. The summed E-state index contributed by atoms with van der Waals surface area (Å²) in [6, 6.07) is 8.96. The summed E-state index contributed by atoms with van der Waals surface area (Å²) in [5.74, 6) is 2.33. The number of anilines is 1. The van der Waals surface area contributed by atoms with Gasteiger partial charge < -0.3 is 4.90 Å². The van der Waals surface area contributed by atoms with Gasteiger partial charge in [-0.15, -0.1) is 0 Å². The van der Waals surface area contributed by atoms with Crippen LogP contribution < -0.4 is 4.90 Å². The van der Waals surface area contributed by atoms with Gasteiger partial charge in [0.15, 0.2) is 0 Å². The predicted molar refractivity (Wildman–Crippen MR) is 95.8 cm³/mol. The van der Waals surface area contributed by atoms with E-state index < -0.39 is 0 Å². The maximum absolute atomic E-state index is 4.54. The van der Waals surface area contributed by atoms with Crippen LogP contribution in [0.15, 0.2) is 30.6 Å². The Balaban J connectivity index is 1.68. The Morgan fingerprint density at radius 3 is 2.68 bits per heavy atom. The molecule has 0 aliphatic carbocycles. The minimum absolute atomic E-state index is 0.678. The van der Waals surface area contributed by atoms with Crippen molar-refractivity contribution in [2.24, 2.45) is 0 Å². The summed E-state index contributed by atoms with van der Waals surface area (Å²) in [4.78, 5) is 13.9. The number of thioether (sulfide) groups is 1. The molecule has 0 bridgehead atoms. The molecule has 0 radical (unpaired) electrons. The average molecular weight is 316 g/mol. The Bertz CT molecular complexity index is 605. The highest BCUT2D eigenvalue weighted by atomic mass is 32.2. The molecule has 3 rings (SSSR count). The quantitative estimate of drug-likeness (QED) is 0.847. The van der Waals surface area contributed by atoms with E-state index in [1.165, 1.54) is 12.2 Å². The molecule has 0 unspecified atom stereocenters. The maximum atomic E-state index is 4.54. The van der Waals surface area contributed by atoms with E-state index in [-0.39, 0.29) is 0 Å². The van der Waals surface area contributed by atoms with Crippen LogP contribution in [0.2, 0.25) is 0 Å². The van der Waals surface area contributed by atoms with Gasteiger partial charge in [0.25, 0.3) is 0 Å². The number of fused-ring (bicyclic) bond motifs is 1. The third-order valence-electron chi connectivity index (χ3n) is 4.50. The molecule has 2 aromatic rings. The van der Waals surface area contributed by atoms with E-state index in [0.717, 1.165) is 42.9 Å². The first-order valence-corrected chi connectivity index (χ1v) is 9.36. The predicted octanol–water partition coefficient (Wildman–Crippen LogP) is 2.89. The van der Waals surface area contributed by atoms with E-state index in [2.05, 4.69) is 51.1 Å². The van der Waals surface area contributed by atoms with E-state index >= 15 is 0 Å². The number of benzene rings is 1. The monoisotopic (exact) mass is 316 g/mol. The zero-order valence-electron chi connectivity index (χ0n) is 13.4. The lowest BCUT2D eigenvalue weighted by Gasteiger charge is -2.38. The van der Waals surface area contributed by atoms with Crippen LogP contribution in [0.3, 0.4) is 0 Å². The van der Waals surface area contributed by atoms with Gasteiger partial charge in [-0.05, 0) is 37.5 Å². The lowest BCUT2D eigenvalue weighted by Crippen LogP contribution is -2.50. The zero-order valence-corrected chi connectivity index (χ0v) is 14.2. The van der Waals surface area contributed by atoms with Crippen LogP contribution in [-0.4, -0.2) is 59.1 Å². The maximum Gasteiger partial charge on any atom is 0.139 e. The van der Waals surface area contributed by atoms with Crippen LogP contribution in [0.1, 0.15) is 13.3 Å². The zero-order chi connectivity index (χ0) is 15.4. The fourth-order valence-corrected chi connectivity index (χ4v) is 3.66. The van der Waals surface area contributed by atoms with Gasteiger partial charge in [0, 0.05) is 37.6 Å². The molecule has 1 fully saturated rings. The molecule has 1 aliphatic heterocycles. The standard InChI is InChI=1S/C17H24N4S/c1-14(7-12-22-2)20-8-10-21(11-9-20)17-15-5-3-4-6-16(15)18-13-19-17/h3-6,13-14H,7-12H2,1-2H3/t14-/m1/s1. The number of piperazine rings is 1. The van der Waals surface area contributed by atoms with Gasteiger partial charge in [-0.2, -0.15) is 11.8 Å². The Kier molecular flexibility index (Phi) is 5.16. The Morgan fingerprint density at radius 2 is 1.91 bits per heavy atom. The Morgan fingerprint density at radius 1 is 1.14 bits per heavy atom. The summed E-state index contributed by atoms with van der Waals surface area (Å²) in [5, 5.41) is 1.16. The van der Waals surface area contributed by atoms with Crippen LogP contribution in [0, 0.1) is 0 Å². The second-order valence-corrected chi connectivity index (χ2v) is 6.85. The van der Waals surface area contributed by atoms with Gasteiger partial charge in [-0.1, -0.05) is 12.1 Å². The summed E-state index contributed by atoms with van der Waals surface area (Å²) in [6.45, 7) is 6.68. The molecule has 118 valence electrons. The third kappa shape index (κ3) is 3.36. The van der Waals surface area contributed by atoms with Crippen LogP contribution in [0.5, 0.6) is 0 Å². The van der Waals surface area contributed by atoms with Crippen LogP contribution in [0.25, 0.3) is 10.9 Å². The van der Waals surface area contributed by atoms with Crippen molar-refractivity contribution in [2.45, 2.75) is 19.4 Å². The van der Waals surface area contributed by atoms with Crippen molar-refractivity contribution >= 4 is 28.5 Å². The molecular weight excluding hydrogens is 292 g/mol. The number of hydrogen-bond acceptors (Lipinski definition) is 5. The van der Waals surface area contributed by atoms with Gasteiger partial charge in [0.2, 0.25) is 0 Å². The van der Waals surface area contributed by atoms with Crippen LogP contribution in [-0.2, 0) is 0 Å². The lowest BCUT2D eigenvalue weighted by molar-refractivity contribution is 0.193. The van der Waals surface area contributed by atoms with Crippen molar-refractivity contribution in [3.05, 3.63) is 30.6 Å². The first kappa shape index (κ1) is 15.6. The Labute approximate surface area is 136 Å². The van der Waals surface area contributed by atoms with E-state index in [9.17, 15) is 0 Å². The van der Waals surface area contributed by atoms with Crippen molar-refractivity contribution in [2.75, 3.05) is 43.1 Å². The molecule has 1 aliphatic rings. The number of hydrogen-bond donors (Lipinski definition) is 0. The van der Waals surface area contributed by atoms with E-state index in [1.807, 2.05) is 17.8 Å². The van der Waals surface area contributed by atoms with Crippen molar-refractivity contribution in [1.82, 2.24) is 14.9 Å². The Hall–Kier alpha value is -1.33. The van der Waals surface area contributed by atoms with Gasteiger partial charge >= 0.3 is 0 Å². The fraction of sp³-hybridized carbons (Fsp3) is 0.529. The minimum Gasteiger partial charge on any atom is -0.353 e. The third-order valence-corrected chi connectivity index (χ3v) is 5.14. The number of rotatable bonds is 5. The van der Waals surface area contributed by atoms with Crippen LogP contribution in [0.4, 0.5) is 5.82 Å². The second-order valence-electron chi connectivity index (χ2n) is 5.87. The number of aromatic nitrogens is 2. The van der Waals surface area contributed by atoms with Gasteiger partial charge in [0.1, 0.15) is 12.1 Å². The van der Waals surface area contributed by atoms with Crippen molar-refractivity contribution in [3.63, 3.8) is 0 Å². The highest BCUT2D eigenvalue weighted by Crippen LogP contribution is 2.24. The molecular formula is C17H24N4S. The molecule has 1 saturated heterocycles. The number of para-hydroxylation sites is 1. The van der Waals surface area contributed by atoms with Crippen molar-refractivity contribution in [3.8, 4) is 0 Å². The summed E-state index contributed by atoms with van der Waals surface area (Å²) in [5.41, 5.74) is 1.03. The molecule has 1 aromatic heterocycles. The van der Waals surface area contributed by atoms with Gasteiger partial charge in [0.05, 0.1) is 5.52 Å². The molecule has 5 heteroatoms. The van der Waals surface area contributed by atoms with Gasteiger partial charge in [-0.3, -0.25) is 4.90 Å². The highest BCUT2D eigenvalue weighted by Gasteiger charge is 2.22. The molecule has 22 heavy (non-hydrogen) atoms. The highest BCUT2D eigenvalue weighted by molar-refractivity contribution is 7.98. The average Bonchev–Trinajstić information content (AvgIpc) is 2.59. The molecule has 1 aromatic carbocycles. The van der Waals surface area contributed by atoms with E-state index in [0.29, 0.717) is 6.04 Å². The topological polar surface area (TPSA) is 32.3 Å². The normalized spacial score (nSPS) is 17.8. The summed E-state index contributed by atoms with van der Waals surface area (Å²) in [7, 11) is 0. The molecule has 1 atom stereocenters. The largest absolute Gasteiger partial charge is 0.353 e. The van der Waals surface area contributed by atoms with E-state index in [1.54, 1.807) is 6.33 Å². The minimum atomic E-state index is 0.678. The van der Waals surface area contributed by atoms with Crippen molar-refractivity contribution in [1.29, 1.82) is 0 Å². The summed E-state index contributed by atoms with van der Waals surface area (Å²) >= 11 is 1.94.